The van der Waals surface area contributed by atoms with Gasteiger partial charge in [0.15, 0.2) is 0 Å². The number of aromatic amines is 1. The summed E-state index contributed by atoms with van der Waals surface area (Å²) in [5.74, 6) is -1.01. The lowest BCUT2D eigenvalue weighted by Gasteiger charge is -2.37. The Balaban J connectivity index is 1.58. The van der Waals surface area contributed by atoms with Crippen molar-refractivity contribution in [2.45, 2.75) is 59.2 Å². The fourth-order valence-corrected chi connectivity index (χ4v) is 6.52. The average Bonchev–Trinajstić information content (AvgIpc) is 3.14. The van der Waals surface area contributed by atoms with Crippen LogP contribution in [-0.4, -0.2) is 66.0 Å². The first-order valence-corrected chi connectivity index (χ1v) is 14.4. The lowest BCUT2D eigenvalue weighted by atomic mass is 9.86. The standard InChI is InChI=1S/C26H34N6O5S/c1-25(2,3)21(31-38(6,36)37)24(35)32-13-17-19(26(17,4)5)20(32)23(34)29-16(11-27)10-14-9-15-12-28-8-7-18(15)30-22(14)33/h7-9,12,16-17,19-21,31H,10,13H2,1-6H3,(H,29,34)(H,30,33)/t16-,17+,19-,20+,21-/m1/s1. The third kappa shape index (κ3) is 5.31. The van der Waals surface area contributed by atoms with Gasteiger partial charge in [-0.25, -0.2) is 13.1 Å². The fourth-order valence-electron chi connectivity index (χ4n) is 5.64. The van der Waals surface area contributed by atoms with Gasteiger partial charge in [-0.05, 0) is 34.8 Å². The molecule has 3 heterocycles. The first-order chi connectivity index (χ1) is 17.5. The molecular formula is C26H34N6O5S. The molecule has 2 aromatic rings. The number of nitrogens with zero attached hydrogens (tertiary/aromatic N) is 3. The van der Waals surface area contributed by atoms with Crippen LogP contribution in [0.3, 0.4) is 0 Å². The minimum Gasteiger partial charge on any atom is -0.338 e. The molecule has 2 fully saturated rings. The molecule has 1 aliphatic heterocycles. The van der Waals surface area contributed by atoms with E-state index in [1.54, 1.807) is 45.3 Å². The molecule has 38 heavy (non-hydrogen) atoms. The van der Waals surface area contributed by atoms with E-state index in [2.05, 4.69) is 26.1 Å². The van der Waals surface area contributed by atoms with Crippen molar-refractivity contribution in [2.24, 2.45) is 22.7 Å². The Kier molecular flexibility index (Phi) is 6.91. The Morgan fingerprint density at radius 1 is 1.34 bits per heavy atom. The molecule has 1 saturated heterocycles. The van der Waals surface area contributed by atoms with E-state index in [0.29, 0.717) is 23.0 Å². The number of H-pyrrole nitrogens is 1. The topological polar surface area (TPSA) is 165 Å². The van der Waals surface area contributed by atoms with Crippen LogP contribution in [0.2, 0.25) is 0 Å². The molecule has 4 rings (SSSR count). The van der Waals surface area contributed by atoms with Gasteiger partial charge in [-0.2, -0.15) is 5.26 Å². The zero-order chi connectivity index (χ0) is 28.2. The Hall–Kier alpha value is -3.30. The number of carbonyl (C=O) groups excluding carboxylic acids is 2. The maximum Gasteiger partial charge on any atom is 0.251 e. The van der Waals surface area contributed by atoms with E-state index in [9.17, 15) is 28.1 Å². The third-order valence-corrected chi connectivity index (χ3v) is 8.49. The van der Waals surface area contributed by atoms with Crippen molar-refractivity contribution in [1.29, 1.82) is 5.26 Å². The second-order valence-corrected chi connectivity index (χ2v) is 13.8. The fraction of sp³-hybridized carbons (Fsp3) is 0.577. The van der Waals surface area contributed by atoms with Crippen LogP contribution in [0.25, 0.3) is 10.9 Å². The molecule has 12 heteroatoms. The molecule has 2 aliphatic rings. The van der Waals surface area contributed by atoms with E-state index >= 15 is 0 Å². The highest BCUT2D eigenvalue weighted by Crippen LogP contribution is 2.65. The number of hydrogen-bond donors (Lipinski definition) is 3. The quantitative estimate of drug-likeness (QED) is 0.468. The van der Waals surface area contributed by atoms with Crippen molar-refractivity contribution in [3.05, 3.63) is 40.4 Å². The van der Waals surface area contributed by atoms with Crippen LogP contribution in [0.5, 0.6) is 0 Å². The van der Waals surface area contributed by atoms with Gasteiger partial charge in [0, 0.05) is 36.3 Å². The van der Waals surface area contributed by atoms with Gasteiger partial charge in [0.2, 0.25) is 21.8 Å². The van der Waals surface area contributed by atoms with Crippen molar-refractivity contribution >= 4 is 32.7 Å². The Labute approximate surface area is 222 Å². The minimum absolute atomic E-state index is 0.0270. The normalized spacial score (nSPS) is 23.8. The summed E-state index contributed by atoms with van der Waals surface area (Å²) in [6.07, 6.45) is 4.13. The average molecular weight is 543 g/mol. The van der Waals surface area contributed by atoms with Gasteiger partial charge in [0.25, 0.3) is 5.56 Å². The summed E-state index contributed by atoms with van der Waals surface area (Å²) in [6, 6.07) is 2.44. The molecule has 204 valence electrons. The molecule has 0 bridgehead atoms. The summed E-state index contributed by atoms with van der Waals surface area (Å²) >= 11 is 0. The number of nitrogens with one attached hydrogen (secondary N) is 3. The molecule has 0 spiro atoms. The number of likely N-dealkylation sites (tertiary alicyclic amines) is 1. The van der Waals surface area contributed by atoms with Gasteiger partial charge in [-0.15, -0.1) is 0 Å². The molecule has 0 aromatic carbocycles. The van der Waals surface area contributed by atoms with Crippen LogP contribution >= 0.6 is 0 Å². The first-order valence-electron chi connectivity index (χ1n) is 12.5. The van der Waals surface area contributed by atoms with Crippen LogP contribution in [0.4, 0.5) is 0 Å². The highest BCUT2D eigenvalue weighted by atomic mass is 32.2. The van der Waals surface area contributed by atoms with Crippen molar-refractivity contribution in [3.63, 3.8) is 0 Å². The van der Waals surface area contributed by atoms with Gasteiger partial charge >= 0.3 is 0 Å². The van der Waals surface area contributed by atoms with Crippen LogP contribution < -0.4 is 15.6 Å². The summed E-state index contributed by atoms with van der Waals surface area (Å²) in [6.45, 7) is 9.65. The molecule has 0 radical (unpaired) electrons. The molecule has 0 unspecified atom stereocenters. The van der Waals surface area contributed by atoms with E-state index in [1.165, 1.54) is 4.90 Å². The SMILES string of the molecule is CC(C)(C)[C@H](NS(C)(=O)=O)C(=O)N1C[C@H]2[C@H]([C@H]1C(=O)N[C@@H](C#N)Cc1cc3cnccc3[nH]c1=O)C2(C)C. The van der Waals surface area contributed by atoms with Gasteiger partial charge < -0.3 is 15.2 Å². The van der Waals surface area contributed by atoms with Gasteiger partial charge in [0.1, 0.15) is 18.1 Å². The number of hydrogen-bond acceptors (Lipinski definition) is 7. The molecule has 2 aromatic heterocycles. The molecule has 1 saturated carbocycles. The monoisotopic (exact) mass is 542 g/mol. The van der Waals surface area contributed by atoms with Crippen molar-refractivity contribution < 1.29 is 18.0 Å². The Morgan fingerprint density at radius 2 is 2.03 bits per heavy atom. The highest BCUT2D eigenvalue weighted by Gasteiger charge is 2.69. The zero-order valence-electron chi connectivity index (χ0n) is 22.4. The van der Waals surface area contributed by atoms with Gasteiger partial charge in [0.05, 0.1) is 17.8 Å². The van der Waals surface area contributed by atoms with E-state index in [1.807, 2.05) is 13.8 Å². The summed E-state index contributed by atoms with van der Waals surface area (Å²) in [5, 5.41) is 13.3. The van der Waals surface area contributed by atoms with E-state index in [-0.39, 0.29) is 29.2 Å². The number of fused-ring (bicyclic) bond motifs is 2. The van der Waals surface area contributed by atoms with E-state index in [4.69, 9.17) is 0 Å². The van der Waals surface area contributed by atoms with E-state index < -0.39 is 45.4 Å². The maximum absolute atomic E-state index is 13.7. The lowest BCUT2D eigenvalue weighted by molar-refractivity contribution is -0.143. The molecule has 5 atom stereocenters. The van der Waals surface area contributed by atoms with E-state index in [0.717, 1.165) is 6.26 Å². The van der Waals surface area contributed by atoms with Gasteiger partial charge in [-0.3, -0.25) is 19.4 Å². The molecule has 1 aliphatic carbocycles. The molecule has 11 nitrogen and oxygen atoms in total. The summed E-state index contributed by atoms with van der Waals surface area (Å²) in [5.41, 5.74) is -0.342. The van der Waals surface area contributed by atoms with Crippen molar-refractivity contribution in [2.75, 3.05) is 12.8 Å². The summed E-state index contributed by atoms with van der Waals surface area (Å²) in [7, 11) is -3.70. The number of pyridine rings is 2. The summed E-state index contributed by atoms with van der Waals surface area (Å²) < 4.78 is 26.5. The van der Waals surface area contributed by atoms with Gasteiger partial charge in [-0.1, -0.05) is 34.6 Å². The smallest absolute Gasteiger partial charge is 0.251 e. The minimum atomic E-state index is -3.70. The lowest BCUT2D eigenvalue weighted by Crippen LogP contribution is -2.59. The number of carbonyl (C=O) groups is 2. The number of sulfonamides is 1. The second-order valence-electron chi connectivity index (χ2n) is 12.1. The second kappa shape index (κ2) is 9.47. The van der Waals surface area contributed by atoms with Crippen molar-refractivity contribution in [3.8, 4) is 6.07 Å². The zero-order valence-corrected chi connectivity index (χ0v) is 23.2. The van der Waals surface area contributed by atoms with Crippen LogP contribution in [0.15, 0.2) is 29.3 Å². The molecule has 2 amide bonds. The maximum atomic E-state index is 13.7. The molecule has 3 N–H and O–H groups in total. The number of rotatable bonds is 7. The van der Waals surface area contributed by atoms with Crippen LogP contribution in [0, 0.1) is 34.0 Å². The predicted molar refractivity (Wildman–Crippen MR) is 141 cm³/mol. The number of aromatic nitrogens is 2. The third-order valence-electron chi connectivity index (χ3n) is 7.82. The Morgan fingerprint density at radius 3 is 2.63 bits per heavy atom. The van der Waals surface area contributed by atoms with Crippen LogP contribution in [0.1, 0.15) is 40.2 Å². The molecular weight excluding hydrogens is 508 g/mol. The summed E-state index contributed by atoms with van der Waals surface area (Å²) in [4.78, 5) is 48.1. The highest BCUT2D eigenvalue weighted by molar-refractivity contribution is 7.88. The first kappa shape index (κ1) is 27.7. The number of nitriles is 1. The largest absolute Gasteiger partial charge is 0.338 e. The number of amides is 2. The number of piperidine rings is 1. The Bertz CT molecular complexity index is 1490. The predicted octanol–water partition coefficient (Wildman–Crippen LogP) is 0.921. The van der Waals surface area contributed by atoms with Crippen LogP contribution in [-0.2, 0) is 26.0 Å². The van der Waals surface area contributed by atoms with Crippen molar-refractivity contribution in [1.82, 2.24) is 24.9 Å².